The van der Waals surface area contributed by atoms with E-state index in [-0.39, 0.29) is 25.8 Å². The van der Waals surface area contributed by atoms with Gasteiger partial charge in [-0.3, -0.25) is 4.79 Å². The van der Waals surface area contributed by atoms with Crippen molar-refractivity contribution in [3.8, 4) is 0 Å². The van der Waals surface area contributed by atoms with E-state index in [0.717, 1.165) is 0 Å². The van der Waals surface area contributed by atoms with E-state index in [2.05, 4.69) is 0 Å². The van der Waals surface area contributed by atoms with Crippen LogP contribution in [0.5, 0.6) is 0 Å². The van der Waals surface area contributed by atoms with Crippen LogP contribution in [0, 0.1) is 0 Å². The summed E-state index contributed by atoms with van der Waals surface area (Å²) in [5, 5.41) is -0.0858. The number of sulfone groups is 1. The van der Waals surface area contributed by atoms with Gasteiger partial charge in [0.2, 0.25) is 14.9 Å². The van der Waals surface area contributed by atoms with Crippen LogP contribution in [0.1, 0.15) is 10.6 Å². The summed E-state index contributed by atoms with van der Waals surface area (Å²) >= 11 is 11.6. The predicted octanol–water partition coefficient (Wildman–Crippen LogP) is 3.23. The second-order valence-electron chi connectivity index (χ2n) is 3.35. The zero-order valence-corrected chi connectivity index (χ0v) is 11.1. The van der Waals surface area contributed by atoms with Crippen LogP contribution in [-0.2, 0) is 9.84 Å². The average molecular weight is 305 g/mol. The van der Waals surface area contributed by atoms with Gasteiger partial charge in [0.05, 0.1) is 9.92 Å². The molecule has 0 spiro atoms. The number of furan rings is 1. The highest BCUT2D eigenvalue weighted by molar-refractivity contribution is 7.91. The van der Waals surface area contributed by atoms with Crippen LogP contribution in [0.2, 0.25) is 10.0 Å². The van der Waals surface area contributed by atoms with Crippen LogP contribution in [-0.4, -0.2) is 14.7 Å². The van der Waals surface area contributed by atoms with E-state index in [4.69, 9.17) is 27.6 Å². The van der Waals surface area contributed by atoms with Gasteiger partial charge in [0, 0.05) is 5.02 Å². The van der Waals surface area contributed by atoms with Crippen molar-refractivity contribution < 1.29 is 17.6 Å². The van der Waals surface area contributed by atoms with Gasteiger partial charge < -0.3 is 4.42 Å². The average Bonchev–Trinajstić information content (AvgIpc) is 2.81. The number of halogens is 2. The lowest BCUT2D eigenvalue weighted by atomic mass is 10.4. The molecule has 0 radical (unpaired) electrons. The lowest BCUT2D eigenvalue weighted by Gasteiger charge is -2.04. The molecule has 18 heavy (non-hydrogen) atoms. The molecule has 0 bridgehead atoms. The third kappa shape index (κ3) is 2.29. The fourth-order valence-electron chi connectivity index (χ4n) is 1.33. The van der Waals surface area contributed by atoms with Gasteiger partial charge in [-0.25, -0.2) is 8.42 Å². The van der Waals surface area contributed by atoms with E-state index in [1.54, 1.807) is 0 Å². The number of hydrogen-bond acceptors (Lipinski definition) is 4. The Hall–Kier alpha value is -1.30. The molecule has 0 aliphatic carbocycles. The minimum atomic E-state index is -3.92. The first kappa shape index (κ1) is 13.1. The van der Waals surface area contributed by atoms with Crippen LogP contribution >= 0.6 is 23.2 Å². The van der Waals surface area contributed by atoms with Crippen molar-refractivity contribution in [2.45, 2.75) is 9.99 Å². The molecule has 0 N–H and O–H groups in total. The second-order valence-corrected chi connectivity index (χ2v) is 6.05. The van der Waals surface area contributed by atoms with Gasteiger partial charge in [-0.2, -0.15) is 0 Å². The smallest absolute Gasteiger partial charge is 0.241 e. The quantitative estimate of drug-likeness (QED) is 0.817. The summed E-state index contributed by atoms with van der Waals surface area (Å²) in [5.74, 6) is -0.0771. The molecule has 0 aliphatic heterocycles. The fraction of sp³-hybridized carbons (Fsp3) is 0. The van der Waals surface area contributed by atoms with Crippen molar-refractivity contribution in [2.75, 3.05) is 0 Å². The van der Waals surface area contributed by atoms with Crippen LogP contribution in [0.15, 0.2) is 44.7 Å². The molecule has 0 unspecified atom stereocenters. The molecular formula is C11H6Cl2O4S. The molecule has 1 aromatic carbocycles. The largest absolute Gasteiger partial charge is 0.441 e. The third-order valence-corrected chi connectivity index (χ3v) is 4.51. The molecule has 2 rings (SSSR count). The first-order valence-corrected chi connectivity index (χ1v) is 6.94. The van der Waals surface area contributed by atoms with Crippen LogP contribution in [0.25, 0.3) is 0 Å². The van der Waals surface area contributed by atoms with Gasteiger partial charge in [-0.05, 0) is 30.3 Å². The number of benzene rings is 1. The fourth-order valence-corrected chi connectivity index (χ4v) is 3.27. The number of carbonyl (C=O) groups excluding carboxylic acids is 1. The summed E-state index contributed by atoms with van der Waals surface area (Å²) in [6, 6.07) is 6.53. The number of carbonyl (C=O) groups is 1. The molecule has 2 aromatic rings. The standard InChI is InChI=1S/C11H6Cl2O4S/c12-7-1-3-9(13)10(5-7)18(15,16)11-4-2-8(6-14)17-11/h1-6H. The Kier molecular flexibility index (Phi) is 3.47. The number of aldehydes is 1. The third-order valence-electron chi connectivity index (χ3n) is 2.17. The Morgan fingerprint density at radius 3 is 2.44 bits per heavy atom. The topological polar surface area (TPSA) is 64.3 Å². The maximum atomic E-state index is 12.2. The molecule has 0 amide bonds. The van der Waals surface area contributed by atoms with Crippen LogP contribution < -0.4 is 0 Å². The molecule has 0 fully saturated rings. The van der Waals surface area contributed by atoms with E-state index >= 15 is 0 Å². The zero-order chi connectivity index (χ0) is 13.3. The van der Waals surface area contributed by atoms with Crippen molar-refractivity contribution in [3.05, 3.63) is 46.1 Å². The van der Waals surface area contributed by atoms with Gasteiger partial charge in [-0.15, -0.1) is 0 Å². The molecule has 7 heteroatoms. The molecule has 1 aromatic heterocycles. The summed E-state index contributed by atoms with van der Waals surface area (Å²) < 4.78 is 29.3. The minimum absolute atomic E-state index is 0.0310. The van der Waals surface area contributed by atoms with E-state index < -0.39 is 9.84 Å². The van der Waals surface area contributed by atoms with E-state index in [9.17, 15) is 13.2 Å². The van der Waals surface area contributed by atoms with Crippen LogP contribution in [0.4, 0.5) is 0 Å². The Bertz CT molecular complexity index is 704. The summed E-state index contributed by atoms with van der Waals surface area (Å²) in [6.07, 6.45) is 0.415. The maximum absolute atomic E-state index is 12.2. The van der Waals surface area contributed by atoms with E-state index in [1.807, 2.05) is 0 Å². The molecule has 0 saturated carbocycles. The predicted molar refractivity (Wildman–Crippen MR) is 66.0 cm³/mol. The number of hydrogen-bond donors (Lipinski definition) is 0. The first-order chi connectivity index (χ1) is 8.45. The normalized spacial score (nSPS) is 11.4. The van der Waals surface area contributed by atoms with Crippen molar-refractivity contribution >= 4 is 39.3 Å². The highest BCUT2D eigenvalue weighted by Gasteiger charge is 2.24. The van der Waals surface area contributed by atoms with Crippen molar-refractivity contribution in [1.82, 2.24) is 0 Å². The molecule has 0 atom stereocenters. The molecule has 94 valence electrons. The summed E-state index contributed by atoms with van der Waals surface area (Å²) in [6.45, 7) is 0. The minimum Gasteiger partial charge on any atom is -0.441 e. The highest BCUT2D eigenvalue weighted by Crippen LogP contribution is 2.30. The monoisotopic (exact) mass is 304 g/mol. The zero-order valence-electron chi connectivity index (χ0n) is 8.76. The lowest BCUT2D eigenvalue weighted by molar-refractivity contribution is 0.109. The van der Waals surface area contributed by atoms with Crippen molar-refractivity contribution in [2.24, 2.45) is 0 Å². The summed E-state index contributed by atoms with van der Waals surface area (Å²) in [5.41, 5.74) is 0. The Morgan fingerprint density at radius 2 is 1.83 bits per heavy atom. The number of rotatable bonds is 3. The summed E-state index contributed by atoms with van der Waals surface area (Å²) in [4.78, 5) is 10.3. The maximum Gasteiger partial charge on any atom is 0.241 e. The molecule has 1 heterocycles. The van der Waals surface area contributed by atoms with Crippen LogP contribution in [0.3, 0.4) is 0 Å². The lowest BCUT2D eigenvalue weighted by Crippen LogP contribution is -2.01. The highest BCUT2D eigenvalue weighted by atomic mass is 35.5. The molecule has 0 saturated heterocycles. The van der Waals surface area contributed by atoms with Gasteiger partial charge in [0.25, 0.3) is 0 Å². The van der Waals surface area contributed by atoms with Crippen molar-refractivity contribution in [1.29, 1.82) is 0 Å². The Labute approximate surface area is 113 Å². The first-order valence-electron chi connectivity index (χ1n) is 4.70. The molecule has 0 aliphatic rings. The summed E-state index contributed by atoms with van der Waals surface area (Å²) in [7, 11) is -3.92. The van der Waals surface area contributed by atoms with Gasteiger partial charge in [0.15, 0.2) is 12.0 Å². The van der Waals surface area contributed by atoms with Gasteiger partial charge in [-0.1, -0.05) is 23.2 Å². The SMILES string of the molecule is O=Cc1ccc(S(=O)(=O)c2cc(Cl)ccc2Cl)o1. The van der Waals surface area contributed by atoms with Gasteiger partial charge in [0.1, 0.15) is 0 Å². The van der Waals surface area contributed by atoms with Crippen molar-refractivity contribution in [3.63, 3.8) is 0 Å². The van der Waals surface area contributed by atoms with Gasteiger partial charge >= 0.3 is 0 Å². The second kappa shape index (κ2) is 4.76. The molecule has 4 nitrogen and oxygen atoms in total. The van der Waals surface area contributed by atoms with E-state index in [1.165, 1.54) is 30.3 Å². The van der Waals surface area contributed by atoms with E-state index in [0.29, 0.717) is 6.29 Å². The Morgan fingerprint density at radius 1 is 1.11 bits per heavy atom. The molecular weight excluding hydrogens is 299 g/mol. The Balaban J connectivity index is 2.61.